The summed E-state index contributed by atoms with van der Waals surface area (Å²) in [6, 6.07) is 17.4. The fourth-order valence-corrected chi connectivity index (χ4v) is 2.70. The van der Waals surface area contributed by atoms with Gasteiger partial charge in [0, 0.05) is 37.2 Å². The maximum absolute atomic E-state index is 9.18. The van der Waals surface area contributed by atoms with Gasteiger partial charge in [0.25, 0.3) is 0 Å². The number of aromatic hydroxyl groups is 1. The average molecular weight is 395 g/mol. The van der Waals surface area contributed by atoms with Crippen molar-refractivity contribution in [2.75, 3.05) is 0 Å². The van der Waals surface area contributed by atoms with E-state index in [0.29, 0.717) is 12.3 Å². The molecule has 0 aliphatic carbocycles. The Balaban J connectivity index is 0.000000175. The molecule has 7 heteroatoms. The smallest absolute Gasteiger partial charge is 0.179 e. The molecule has 1 aromatic carbocycles. The summed E-state index contributed by atoms with van der Waals surface area (Å²) < 4.78 is 9.48. The molecule has 0 atom stereocenters. The molecule has 4 heterocycles. The monoisotopic (exact) mass is 394 g/mol. The van der Waals surface area contributed by atoms with Crippen LogP contribution >= 0.6 is 12.4 Å². The molecule has 28 heavy (non-hydrogen) atoms. The zero-order chi connectivity index (χ0) is 18.5. The number of aromatic nitrogens is 4. The summed E-state index contributed by atoms with van der Waals surface area (Å²) in [4.78, 5) is 8.20. The van der Waals surface area contributed by atoms with Crippen LogP contribution in [0, 0.1) is 0 Å². The van der Waals surface area contributed by atoms with Crippen LogP contribution in [0.2, 0.25) is 0 Å². The first-order chi connectivity index (χ1) is 13.3. The minimum Gasteiger partial charge on any atom is -0.504 e. The van der Waals surface area contributed by atoms with Gasteiger partial charge >= 0.3 is 0 Å². The molecule has 0 spiro atoms. The number of hydrogen-bond donors (Lipinski definition) is 1. The highest BCUT2D eigenvalue weighted by Crippen LogP contribution is 2.18. The van der Waals surface area contributed by atoms with Crippen molar-refractivity contribution in [3.05, 3.63) is 97.3 Å². The van der Waals surface area contributed by atoms with Gasteiger partial charge in [-0.05, 0) is 29.8 Å². The minimum absolute atomic E-state index is 0. The summed E-state index contributed by atoms with van der Waals surface area (Å²) in [5.74, 6) is 1.02. The first-order valence-electron chi connectivity index (χ1n) is 8.50. The molecule has 0 saturated carbocycles. The lowest BCUT2D eigenvalue weighted by Gasteiger charge is -2.07. The molecular formula is C21H19ClN4O2. The molecule has 0 unspecified atom stereocenters. The second-order valence-corrected chi connectivity index (χ2v) is 5.86. The van der Waals surface area contributed by atoms with E-state index >= 15 is 0 Å². The quantitative estimate of drug-likeness (QED) is 0.493. The Labute approximate surface area is 168 Å². The molecule has 0 aliphatic heterocycles. The maximum atomic E-state index is 9.18. The van der Waals surface area contributed by atoms with Gasteiger partial charge in [-0.3, -0.25) is 0 Å². The van der Waals surface area contributed by atoms with Gasteiger partial charge in [-0.15, -0.1) is 12.4 Å². The molecule has 142 valence electrons. The molecule has 0 amide bonds. The first kappa shape index (κ1) is 19.3. The normalized spacial score (nSPS) is 10.1. The van der Waals surface area contributed by atoms with E-state index in [2.05, 4.69) is 9.97 Å². The summed E-state index contributed by atoms with van der Waals surface area (Å²) in [6.45, 7) is 0.563. The van der Waals surface area contributed by atoms with Gasteiger partial charge < -0.3 is 18.6 Å². The van der Waals surface area contributed by atoms with Crippen LogP contribution in [0.15, 0.2) is 91.8 Å². The first-order valence-corrected chi connectivity index (χ1v) is 8.50. The van der Waals surface area contributed by atoms with E-state index in [1.54, 1.807) is 35.1 Å². The maximum Gasteiger partial charge on any atom is 0.179 e. The number of rotatable bonds is 3. The van der Waals surface area contributed by atoms with Crippen molar-refractivity contribution in [3.8, 4) is 11.5 Å². The summed E-state index contributed by atoms with van der Waals surface area (Å²) >= 11 is 0. The third-order valence-electron chi connectivity index (χ3n) is 4.02. The number of benzene rings is 1. The fraction of sp³-hybridized carbons (Fsp3) is 0.0476. The second-order valence-electron chi connectivity index (χ2n) is 5.86. The molecule has 1 N–H and O–H groups in total. The molecule has 0 saturated heterocycles. The lowest BCUT2D eigenvalue weighted by atomic mass is 10.2. The van der Waals surface area contributed by atoms with E-state index in [0.717, 1.165) is 17.0 Å². The molecule has 0 bridgehead atoms. The molecule has 5 rings (SSSR count). The van der Waals surface area contributed by atoms with Crippen molar-refractivity contribution in [2.24, 2.45) is 0 Å². The summed E-state index contributed by atoms with van der Waals surface area (Å²) in [6.07, 6.45) is 10.9. The largest absolute Gasteiger partial charge is 0.504 e. The highest BCUT2D eigenvalue weighted by atomic mass is 35.5. The van der Waals surface area contributed by atoms with Crippen molar-refractivity contribution in [1.82, 2.24) is 18.8 Å². The standard InChI is InChI=1S/C14H12N2O.C7H6N2O.ClH/c1-2-5-12(6-3-1)11-17-13-7-4-9-16-10-8-15-14(13)16;10-6-2-1-4-9-5-3-8-7(6)9;/h1-10H,11H2;1-5,10H;1H. The molecule has 4 aromatic heterocycles. The molecule has 5 aromatic rings. The summed E-state index contributed by atoms with van der Waals surface area (Å²) in [7, 11) is 0. The number of nitrogens with zero attached hydrogens (tertiary/aromatic N) is 4. The van der Waals surface area contributed by atoms with E-state index in [1.807, 2.05) is 65.5 Å². The number of ether oxygens (including phenoxy) is 1. The lowest BCUT2D eigenvalue weighted by Crippen LogP contribution is -1.97. The van der Waals surface area contributed by atoms with Crippen LogP contribution in [-0.2, 0) is 6.61 Å². The highest BCUT2D eigenvalue weighted by Gasteiger charge is 2.02. The van der Waals surface area contributed by atoms with Crippen LogP contribution in [0.3, 0.4) is 0 Å². The predicted molar refractivity (Wildman–Crippen MR) is 110 cm³/mol. The van der Waals surface area contributed by atoms with E-state index in [-0.39, 0.29) is 18.2 Å². The Morgan fingerprint density at radius 2 is 1.39 bits per heavy atom. The Kier molecular flexibility index (Phi) is 6.14. The third-order valence-corrected chi connectivity index (χ3v) is 4.02. The van der Waals surface area contributed by atoms with Crippen molar-refractivity contribution in [1.29, 1.82) is 0 Å². The van der Waals surface area contributed by atoms with Crippen LogP contribution in [0.4, 0.5) is 0 Å². The summed E-state index contributed by atoms with van der Waals surface area (Å²) in [5, 5.41) is 9.18. The van der Waals surface area contributed by atoms with Crippen LogP contribution in [0.1, 0.15) is 5.56 Å². The summed E-state index contributed by atoms with van der Waals surface area (Å²) in [5.41, 5.74) is 2.60. The van der Waals surface area contributed by atoms with Crippen LogP contribution in [0.5, 0.6) is 11.5 Å². The van der Waals surface area contributed by atoms with Crippen LogP contribution in [0.25, 0.3) is 11.3 Å². The zero-order valence-electron chi connectivity index (χ0n) is 14.9. The van der Waals surface area contributed by atoms with Gasteiger partial charge in [0.05, 0.1) is 0 Å². The zero-order valence-corrected chi connectivity index (χ0v) is 15.7. The highest BCUT2D eigenvalue weighted by molar-refractivity contribution is 5.85. The van der Waals surface area contributed by atoms with E-state index in [1.165, 1.54) is 0 Å². The van der Waals surface area contributed by atoms with Gasteiger partial charge in [0.2, 0.25) is 0 Å². The lowest BCUT2D eigenvalue weighted by molar-refractivity contribution is 0.308. The van der Waals surface area contributed by atoms with Crippen molar-refractivity contribution in [2.45, 2.75) is 6.61 Å². The van der Waals surface area contributed by atoms with Gasteiger partial charge in [0.15, 0.2) is 22.8 Å². The molecule has 0 radical (unpaired) electrons. The van der Waals surface area contributed by atoms with Crippen molar-refractivity contribution in [3.63, 3.8) is 0 Å². The molecular weight excluding hydrogens is 376 g/mol. The SMILES string of the molecule is Cl.Oc1cccn2ccnc12.c1ccc(COc2cccn3ccnc23)cc1. The van der Waals surface area contributed by atoms with E-state index in [9.17, 15) is 5.11 Å². The van der Waals surface area contributed by atoms with Gasteiger partial charge in [-0.25, -0.2) is 9.97 Å². The van der Waals surface area contributed by atoms with E-state index < -0.39 is 0 Å². The number of imidazole rings is 2. The number of pyridine rings is 2. The topological polar surface area (TPSA) is 64.1 Å². The van der Waals surface area contributed by atoms with Crippen LogP contribution < -0.4 is 4.74 Å². The predicted octanol–water partition coefficient (Wildman–Crippen LogP) is 4.38. The number of halogens is 1. The minimum atomic E-state index is 0. The van der Waals surface area contributed by atoms with Crippen LogP contribution in [-0.4, -0.2) is 23.9 Å². The second kappa shape index (κ2) is 8.92. The third kappa shape index (κ3) is 4.24. The molecule has 0 fully saturated rings. The molecule has 0 aliphatic rings. The van der Waals surface area contributed by atoms with Gasteiger partial charge in [0.1, 0.15) is 6.61 Å². The van der Waals surface area contributed by atoms with Gasteiger partial charge in [-0.2, -0.15) is 0 Å². The average Bonchev–Trinajstić information content (AvgIpc) is 3.38. The van der Waals surface area contributed by atoms with Crippen molar-refractivity contribution >= 4 is 23.7 Å². The Morgan fingerprint density at radius 3 is 2.11 bits per heavy atom. The Morgan fingerprint density at radius 1 is 0.750 bits per heavy atom. The Hall–Kier alpha value is -3.51. The van der Waals surface area contributed by atoms with E-state index in [4.69, 9.17) is 4.74 Å². The Bertz CT molecular complexity index is 1150. The number of hydrogen-bond acceptors (Lipinski definition) is 4. The van der Waals surface area contributed by atoms with Crippen molar-refractivity contribution < 1.29 is 9.84 Å². The number of fused-ring (bicyclic) bond motifs is 2. The fourth-order valence-electron chi connectivity index (χ4n) is 2.70. The van der Waals surface area contributed by atoms with Gasteiger partial charge in [-0.1, -0.05) is 30.3 Å². The molecule has 6 nitrogen and oxygen atoms in total.